The number of carbonyl (C=O) groups excluding carboxylic acids is 1. The number of methoxy groups -OCH3 is 1. The predicted octanol–water partition coefficient (Wildman–Crippen LogP) is 4.55. The number of ether oxygens (including phenoxy) is 1. The number of thioether (sulfide) groups is 1. The van der Waals surface area contributed by atoms with Crippen LogP contribution in [0.5, 0.6) is 5.75 Å². The first-order valence-corrected chi connectivity index (χ1v) is 10.3. The van der Waals surface area contributed by atoms with Gasteiger partial charge in [-0.2, -0.15) is 0 Å². The number of hydrogen-bond donors (Lipinski definition) is 1. The maximum atomic E-state index is 14.3. The van der Waals surface area contributed by atoms with Crippen LogP contribution in [0.4, 0.5) is 10.1 Å². The van der Waals surface area contributed by atoms with E-state index in [2.05, 4.69) is 15.5 Å². The van der Waals surface area contributed by atoms with Crippen molar-refractivity contribution in [1.82, 2.24) is 14.8 Å². The molecule has 1 aromatic heterocycles. The highest BCUT2D eigenvalue weighted by Crippen LogP contribution is 2.42. The maximum Gasteiger partial charge on any atom is 0.237 e. The quantitative estimate of drug-likeness (QED) is 0.577. The number of para-hydroxylation sites is 2. The first-order valence-electron chi connectivity index (χ1n) is 9.39. The van der Waals surface area contributed by atoms with Crippen LogP contribution in [0.2, 0.25) is 0 Å². The summed E-state index contributed by atoms with van der Waals surface area (Å²) in [6, 6.07) is 14.0. The van der Waals surface area contributed by atoms with E-state index in [0.717, 1.165) is 12.8 Å². The van der Waals surface area contributed by atoms with Crippen molar-refractivity contribution in [3.63, 3.8) is 0 Å². The summed E-state index contributed by atoms with van der Waals surface area (Å²) in [5.41, 5.74) is 1.04. The van der Waals surface area contributed by atoms with E-state index >= 15 is 0 Å². The van der Waals surface area contributed by atoms with Crippen molar-refractivity contribution in [2.75, 3.05) is 12.4 Å². The summed E-state index contributed by atoms with van der Waals surface area (Å²) in [5, 5.41) is 11.6. The molecule has 0 bridgehead atoms. The summed E-state index contributed by atoms with van der Waals surface area (Å²) in [4.78, 5) is 12.7. The number of carbonyl (C=O) groups is 1. The first-order chi connectivity index (χ1) is 14.1. The van der Waals surface area contributed by atoms with Gasteiger partial charge in [-0.15, -0.1) is 10.2 Å². The topological polar surface area (TPSA) is 69.0 Å². The third kappa shape index (κ3) is 4.12. The Morgan fingerprint density at radius 3 is 2.66 bits per heavy atom. The van der Waals surface area contributed by atoms with E-state index in [9.17, 15) is 9.18 Å². The van der Waals surface area contributed by atoms with E-state index in [1.807, 2.05) is 23.6 Å². The lowest BCUT2D eigenvalue weighted by atomic mass is 10.2. The van der Waals surface area contributed by atoms with Crippen LogP contribution in [0, 0.1) is 5.82 Å². The van der Waals surface area contributed by atoms with Gasteiger partial charge in [0.1, 0.15) is 11.6 Å². The number of halogens is 1. The molecule has 1 fully saturated rings. The molecule has 3 aromatic rings. The zero-order chi connectivity index (χ0) is 20.4. The first kappa shape index (κ1) is 19.4. The molecule has 1 N–H and O–H groups in total. The molecular weight excluding hydrogens is 391 g/mol. The van der Waals surface area contributed by atoms with Gasteiger partial charge in [-0.1, -0.05) is 36.0 Å². The predicted molar refractivity (Wildman–Crippen MR) is 111 cm³/mol. The number of rotatable bonds is 7. The number of amides is 1. The summed E-state index contributed by atoms with van der Waals surface area (Å²) in [7, 11) is 1.56. The molecule has 1 aliphatic carbocycles. The molecule has 150 valence electrons. The molecule has 1 atom stereocenters. The van der Waals surface area contributed by atoms with Crippen molar-refractivity contribution < 1.29 is 13.9 Å². The molecule has 2 aromatic carbocycles. The summed E-state index contributed by atoms with van der Waals surface area (Å²) >= 11 is 1.31. The van der Waals surface area contributed by atoms with E-state index in [1.54, 1.807) is 37.4 Å². The molecular formula is C21H21FN4O2S. The lowest BCUT2D eigenvalue weighted by Gasteiger charge is -2.15. The van der Waals surface area contributed by atoms with Crippen LogP contribution in [0.15, 0.2) is 53.7 Å². The molecule has 4 rings (SSSR count). The van der Waals surface area contributed by atoms with E-state index in [4.69, 9.17) is 4.74 Å². The Morgan fingerprint density at radius 2 is 1.93 bits per heavy atom. The second-order valence-electron chi connectivity index (χ2n) is 6.84. The highest BCUT2D eigenvalue weighted by Gasteiger charge is 2.32. The number of nitrogens with one attached hydrogen (secondary N) is 1. The third-order valence-corrected chi connectivity index (χ3v) is 5.76. The van der Waals surface area contributed by atoms with Crippen LogP contribution in [-0.2, 0) is 4.79 Å². The van der Waals surface area contributed by atoms with Gasteiger partial charge in [0.05, 0.1) is 23.6 Å². The molecule has 1 saturated carbocycles. The standard InChI is InChI=1S/C21H21FN4O2S/c1-13(20(27)23-17-9-5-6-10-18(17)28-2)29-21-25-24-19(26(21)14-11-12-14)15-7-3-4-8-16(15)22/h3-10,13-14H,11-12H2,1-2H3,(H,23,27). The van der Waals surface area contributed by atoms with E-state index in [0.29, 0.717) is 28.0 Å². The molecule has 1 amide bonds. The van der Waals surface area contributed by atoms with Crippen molar-refractivity contribution in [2.24, 2.45) is 0 Å². The second kappa shape index (κ2) is 8.24. The minimum atomic E-state index is -0.421. The number of aromatic nitrogens is 3. The number of benzene rings is 2. The third-order valence-electron chi connectivity index (χ3n) is 4.71. The summed E-state index contributed by atoms with van der Waals surface area (Å²) < 4.78 is 21.5. The Balaban J connectivity index is 1.55. The summed E-state index contributed by atoms with van der Waals surface area (Å²) in [5.74, 6) is 0.601. The maximum absolute atomic E-state index is 14.3. The highest BCUT2D eigenvalue weighted by molar-refractivity contribution is 8.00. The smallest absolute Gasteiger partial charge is 0.237 e. The Kier molecular flexibility index (Phi) is 5.53. The minimum absolute atomic E-state index is 0.169. The van der Waals surface area contributed by atoms with E-state index in [-0.39, 0.29) is 17.8 Å². The van der Waals surface area contributed by atoms with Gasteiger partial charge >= 0.3 is 0 Å². The fourth-order valence-electron chi connectivity index (χ4n) is 3.04. The molecule has 6 nitrogen and oxygen atoms in total. The van der Waals surface area contributed by atoms with Crippen molar-refractivity contribution >= 4 is 23.4 Å². The van der Waals surface area contributed by atoms with E-state index < -0.39 is 5.25 Å². The fourth-order valence-corrected chi connectivity index (χ4v) is 3.96. The number of nitrogens with zero attached hydrogens (tertiary/aromatic N) is 3. The lowest BCUT2D eigenvalue weighted by Crippen LogP contribution is -2.23. The molecule has 0 aliphatic heterocycles. The van der Waals surface area contributed by atoms with Gasteiger partial charge in [0, 0.05) is 6.04 Å². The highest BCUT2D eigenvalue weighted by atomic mass is 32.2. The minimum Gasteiger partial charge on any atom is -0.495 e. The SMILES string of the molecule is COc1ccccc1NC(=O)C(C)Sc1nnc(-c2ccccc2F)n1C1CC1. The molecule has 29 heavy (non-hydrogen) atoms. The lowest BCUT2D eigenvalue weighted by molar-refractivity contribution is -0.115. The largest absolute Gasteiger partial charge is 0.495 e. The van der Waals surface area contributed by atoms with Gasteiger partial charge in [0.2, 0.25) is 5.91 Å². The zero-order valence-electron chi connectivity index (χ0n) is 16.1. The molecule has 0 saturated heterocycles. The molecule has 0 spiro atoms. The van der Waals surface area contributed by atoms with Gasteiger partial charge in [-0.25, -0.2) is 4.39 Å². The van der Waals surface area contributed by atoms with Crippen molar-refractivity contribution in [3.05, 3.63) is 54.3 Å². The normalized spacial score (nSPS) is 14.4. The summed E-state index contributed by atoms with van der Waals surface area (Å²) in [6.45, 7) is 1.81. The Bertz CT molecular complexity index is 1040. The van der Waals surface area contributed by atoms with Gasteiger partial charge in [0.25, 0.3) is 0 Å². The Labute approximate surface area is 172 Å². The van der Waals surface area contributed by atoms with Crippen molar-refractivity contribution in [1.29, 1.82) is 0 Å². The number of anilines is 1. The van der Waals surface area contributed by atoms with Crippen LogP contribution < -0.4 is 10.1 Å². The van der Waals surface area contributed by atoms with Gasteiger partial charge < -0.3 is 10.1 Å². The van der Waals surface area contributed by atoms with Crippen LogP contribution in [0.25, 0.3) is 11.4 Å². The van der Waals surface area contributed by atoms with Crippen LogP contribution in [0.3, 0.4) is 0 Å². The van der Waals surface area contributed by atoms with E-state index in [1.165, 1.54) is 17.8 Å². The van der Waals surface area contributed by atoms with Gasteiger partial charge in [0.15, 0.2) is 11.0 Å². The molecule has 1 heterocycles. The molecule has 8 heteroatoms. The Hall–Kier alpha value is -2.87. The number of hydrogen-bond acceptors (Lipinski definition) is 5. The van der Waals surface area contributed by atoms with Crippen molar-refractivity contribution in [2.45, 2.75) is 36.2 Å². The molecule has 1 aliphatic rings. The van der Waals surface area contributed by atoms with Crippen LogP contribution >= 0.6 is 11.8 Å². The average Bonchev–Trinajstić information content (AvgIpc) is 3.49. The second-order valence-corrected chi connectivity index (χ2v) is 8.14. The van der Waals surface area contributed by atoms with Crippen LogP contribution in [-0.4, -0.2) is 33.0 Å². The monoisotopic (exact) mass is 412 g/mol. The van der Waals surface area contributed by atoms with Crippen molar-refractivity contribution in [3.8, 4) is 17.1 Å². The Morgan fingerprint density at radius 1 is 1.21 bits per heavy atom. The average molecular weight is 412 g/mol. The zero-order valence-corrected chi connectivity index (χ0v) is 16.9. The van der Waals surface area contributed by atoms with Gasteiger partial charge in [-0.05, 0) is 44.0 Å². The van der Waals surface area contributed by atoms with Crippen LogP contribution in [0.1, 0.15) is 25.8 Å². The summed E-state index contributed by atoms with van der Waals surface area (Å²) in [6.07, 6.45) is 1.99. The molecule has 0 radical (unpaired) electrons. The molecule has 1 unspecified atom stereocenters. The van der Waals surface area contributed by atoms with Gasteiger partial charge in [-0.3, -0.25) is 9.36 Å². The fraction of sp³-hybridized carbons (Fsp3) is 0.286.